The quantitative estimate of drug-likeness (QED) is 0.476. The number of carbonyl (C=O) groups excluding carboxylic acids is 1. The molecule has 3 aromatic rings. The maximum absolute atomic E-state index is 11.8. The highest BCUT2D eigenvalue weighted by Crippen LogP contribution is 2.06. The van der Waals surface area contributed by atoms with E-state index in [1.807, 2.05) is 71.6 Å². The molecule has 0 N–H and O–H groups in total. The van der Waals surface area contributed by atoms with Crippen LogP contribution in [0.4, 0.5) is 0 Å². The number of hydrogen-bond acceptors (Lipinski definition) is 3. The Morgan fingerprint density at radius 2 is 1.69 bits per heavy atom. The van der Waals surface area contributed by atoms with Gasteiger partial charge in [0.25, 0.3) is 0 Å². The first-order valence-corrected chi connectivity index (χ1v) is 8.42. The van der Waals surface area contributed by atoms with Crippen LogP contribution in [0.5, 0.6) is 0 Å². The van der Waals surface area contributed by atoms with Crippen LogP contribution in [-0.2, 0) is 16.1 Å². The molecule has 26 heavy (non-hydrogen) atoms. The minimum absolute atomic E-state index is 0.241. The summed E-state index contributed by atoms with van der Waals surface area (Å²) in [5, 5.41) is 4.30. The molecule has 0 saturated heterocycles. The first kappa shape index (κ1) is 17.4. The predicted octanol–water partition coefficient (Wildman–Crippen LogP) is 4.20. The Morgan fingerprint density at radius 1 is 0.962 bits per heavy atom. The van der Waals surface area contributed by atoms with Crippen LogP contribution >= 0.6 is 0 Å². The molecule has 3 rings (SSSR count). The third kappa shape index (κ3) is 5.60. The number of nitrogens with zero attached hydrogens (tertiary/aromatic N) is 2. The van der Waals surface area contributed by atoms with E-state index in [1.165, 1.54) is 11.6 Å². The van der Waals surface area contributed by atoms with E-state index < -0.39 is 0 Å². The summed E-state index contributed by atoms with van der Waals surface area (Å²) in [7, 11) is 0. The second kappa shape index (κ2) is 9.18. The van der Waals surface area contributed by atoms with Gasteiger partial charge in [-0.1, -0.05) is 66.7 Å². The van der Waals surface area contributed by atoms with Crippen LogP contribution < -0.4 is 0 Å². The van der Waals surface area contributed by atoms with Crippen molar-refractivity contribution >= 4 is 18.1 Å². The van der Waals surface area contributed by atoms with Gasteiger partial charge in [0.15, 0.2) is 0 Å². The van der Waals surface area contributed by atoms with Crippen LogP contribution in [0, 0.1) is 0 Å². The molecule has 1 aromatic heterocycles. The van der Waals surface area contributed by atoms with E-state index in [9.17, 15) is 4.79 Å². The molecule has 0 aliphatic carbocycles. The summed E-state index contributed by atoms with van der Waals surface area (Å²) in [6.45, 7) is 0.939. The van der Waals surface area contributed by atoms with Gasteiger partial charge in [-0.05, 0) is 23.3 Å². The number of ether oxygens (including phenoxy) is 1. The maximum Gasteiger partial charge on any atom is 0.331 e. The number of benzene rings is 2. The molecule has 0 saturated carbocycles. The summed E-state index contributed by atoms with van der Waals surface area (Å²) in [5.41, 5.74) is 3.11. The Balaban J connectivity index is 1.45. The largest absolute Gasteiger partial charge is 0.458 e. The van der Waals surface area contributed by atoms with Gasteiger partial charge in [0.1, 0.15) is 6.61 Å². The van der Waals surface area contributed by atoms with E-state index in [2.05, 4.69) is 17.2 Å². The molecule has 2 aromatic carbocycles. The van der Waals surface area contributed by atoms with E-state index >= 15 is 0 Å². The van der Waals surface area contributed by atoms with Gasteiger partial charge < -0.3 is 4.74 Å². The van der Waals surface area contributed by atoms with Crippen molar-refractivity contribution in [2.24, 2.45) is 0 Å². The van der Waals surface area contributed by atoms with Crippen LogP contribution in [0.2, 0.25) is 0 Å². The fourth-order valence-electron chi connectivity index (χ4n) is 2.41. The number of hydrogen-bond donors (Lipinski definition) is 0. The maximum atomic E-state index is 11.8. The van der Waals surface area contributed by atoms with Gasteiger partial charge in [-0.15, -0.1) is 0 Å². The van der Waals surface area contributed by atoms with Crippen LogP contribution in [0.3, 0.4) is 0 Å². The summed E-state index contributed by atoms with van der Waals surface area (Å²) >= 11 is 0. The molecule has 0 bridgehead atoms. The minimum atomic E-state index is -0.376. The lowest BCUT2D eigenvalue weighted by Gasteiger charge is -2.00. The van der Waals surface area contributed by atoms with Crippen LogP contribution in [-0.4, -0.2) is 22.4 Å². The summed E-state index contributed by atoms with van der Waals surface area (Å²) in [4.78, 5) is 11.8. The lowest BCUT2D eigenvalue weighted by Crippen LogP contribution is -2.00. The monoisotopic (exact) mass is 344 g/mol. The topological polar surface area (TPSA) is 44.1 Å². The van der Waals surface area contributed by atoms with Crippen molar-refractivity contribution in [3.05, 3.63) is 102 Å². The molecule has 0 unspecified atom stereocenters. The summed E-state index contributed by atoms with van der Waals surface area (Å²) in [6, 6.07) is 20.0. The Bertz CT molecular complexity index is 881. The molecule has 0 fully saturated rings. The average molecular weight is 344 g/mol. The fourth-order valence-corrected chi connectivity index (χ4v) is 2.41. The molecular weight excluding hydrogens is 324 g/mol. The molecule has 0 aliphatic heterocycles. The van der Waals surface area contributed by atoms with Gasteiger partial charge >= 0.3 is 5.97 Å². The molecule has 0 amide bonds. The Labute approximate surface area is 153 Å². The molecule has 0 radical (unpaired) electrons. The Kier molecular flexibility index (Phi) is 6.15. The molecule has 4 nitrogen and oxygen atoms in total. The highest BCUT2D eigenvalue weighted by atomic mass is 16.5. The number of esters is 1. The molecule has 0 aliphatic rings. The molecule has 0 atom stereocenters. The third-order valence-electron chi connectivity index (χ3n) is 3.68. The van der Waals surface area contributed by atoms with Crippen molar-refractivity contribution in [2.75, 3.05) is 6.61 Å². The van der Waals surface area contributed by atoms with Crippen molar-refractivity contribution in [1.82, 2.24) is 9.78 Å². The Hall–Kier alpha value is -3.40. The van der Waals surface area contributed by atoms with Crippen molar-refractivity contribution in [3.63, 3.8) is 0 Å². The molecule has 130 valence electrons. The van der Waals surface area contributed by atoms with Crippen molar-refractivity contribution in [3.8, 4) is 0 Å². The smallest absolute Gasteiger partial charge is 0.331 e. The third-order valence-corrected chi connectivity index (χ3v) is 3.68. The van der Waals surface area contributed by atoms with Crippen molar-refractivity contribution in [2.45, 2.75) is 6.54 Å². The SMILES string of the molecule is O=C(/C=C/c1cnn(Cc2ccccc2)c1)OC/C=C/c1ccccc1. The molecular formula is C22H20N2O2. The average Bonchev–Trinajstić information content (AvgIpc) is 3.12. The summed E-state index contributed by atoms with van der Waals surface area (Å²) < 4.78 is 6.98. The van der Waals surface area contributed by atoms with Crippen LogP contribution in [0.15, 0.2) is 85.2 Å². The summed E-state index contributed by atoms with van der Waals surface area (Å²) in [6.07, 6.45) is 10.5. The molecule has 4 heteroatoms. The zero-order chi connectivity index (χ0) is 18.0. The zero-order valence-electron chi connectivity index (χ0n) is 14.4. The highest BCUT2D eigenvalue weighted by Gasteiger charge is 1.99. The Morgan fingerprint density at radius 3 is 2.46 bits per heavy atom. The van der Waals surface area contributed by atoms with Gasteiger partial charge in [0.2, 0.25) is 0 Å². The van der Waals surface area contributed by atoms with Gasteiger partial charge in [0.05, 0.1) is 12.7 Å². The van der Waals surface area contributed by atoms with E-state index in [0.29, 0.717) is 6.54 Å². The van der Waals surface area contributed by atoms with Gasteiger partial charge in [0, 0.05) is 17.8 Å². The molecule has 0 spiro atoms. The lowest BCUT2D eigenvalue weighted by molar-refractivity contribution is -0.136. The van der Waals surface area contributed by atoms with Crippen LogP contribution in [0.25, 0.3) is 12.2 Å². The standard InChI is InChI=1S/C22H20N2O2/c25-22(26-15-7-12-19-8-3-1-4-9-19)14-13-21-16-23-24(18-21)17-20-10-5-2-6-11-20/h1-14,16,18H,15,17H2/b12-7+,14-13+. The van der Waals surface area contributed by atoms with Crippen molar-refractivity contribution < 1.29 is 9.53 Å². The van der Waals surface area contributed by atoms with E-state index in [1.54, 1.807) is 12.3 Å². The molecule has 1 heterocycles. The lowest BCUT2D eigenvalue weighted by atomic mass is 10.2. The second-order valence-electron chi connectivity index (χ2n) is 5.73. The number of carbonyl (C=O) groups is 1. The van der Waals surface area contributed by atoms with Crippen molar-refractivity contribution in [1.29, 1.82) is 0 Å². The van der Waals surface area contributed by atoms with Gasteiger partial charge in [-0.25, -0.2) is 4.79 Å². The van der Waals surface area contributed by atoms with Gasteiger partial charge in [-0.2, -0.15) is 5.10 Å². The van der Waals surface area contributed by atoms with Gasteiger partial charge in [-0.3, -0.25) is 4.68 Å². The zero-order valence-corrected chi connectivity index (χ0v) is 14.4. The first-order valence-electron chi connectivity index (χ1n) is 8.42. The van der Waals surface area contributed by atoms with E-state index in [-0.39, 0.29) is 12.6 Å². The van der Waals surface area contributed by atoms with E-state index in [4.69, 9.17) is 4.74 Å². The van der Waals surface area contributed by atoms with Crippen LogP contribution in [0.1, 0.15) is 16.7 Å². The highest BCUT2D eigenvalue weighted by molar-refractivity contribution is 5.87. The normalized spacial score (nSPS) is 11.2. The summed E-state index contributed by atoms with van der Waals surface area (Å²) in [5.74, 6) is -0.376. The fraction of sp³-hybridized carbons (Fsp3) is 0.0909. The number of rotatable bonds is 7. The second-order valence-corrected chi connectivity index (χ2v) is 5.73. The number of aromatic nitrogens is 2. The van der Waals surface area contributed by atoms with E-state index in [0.717, 1.165) is 11.1 Å². The first-order chi connectivity index (χ1) is 12.8. The predicted molar refractivity (Wildman–Crippen MR) is 103 cm³/mol. The minimum Gasteiger partial charge on any atom is -0.458 e.